The largest absolute Gasteiger partial charge is 0.333 e. The van der Waals surface area contributed by atoms with Gasteiger partial charge in [0.1, 0.15) is 0 Å². The standard InChI is InChI=1S/C14H12ClN3O5S/c1-9-2-5-11(6-3-9)24(22,23)17-14(19)16-13-8-10(18(20)21)4-7-12(13)15/h2-8H,1H3,(H2,16,17,19). The van der Waals surface area contributed by atoms with Crippen LogP contribution in [0.3, 0.4) is 0 Å². The van der Waals surface area contributed by atoms with E-state index in [2.05, 4.69) is 5.32 Å². The molecular formula is C14H12ClN3O5S. The van der Waals surface area contributed by atoms with E-state index in [9.17, 15) is 23.3 Å². The number of anilines is 1. The second-order valence-electron chi connectivity index (χ2n) is 4.79. The van der Waals surface area contributed by atoms with E-state index in [1.54, 1.807) is 19.1 Å². The number of carbonyl (C=O) groups is 1. The van der Waals surface area contributed by atoms with Crippen molar-refractivity contribution in [1.29, 1.82) is 0 Å². The fraction of sp³-hybridized carbons (Fsp3) is 0.0714. The third kappa shape index (κ3) is 4.21. The first kappa shape index (κ1) is 17.7. The van der Waals surface area contributed by atoms with Crippen molar-refractivity contribution >= 4 is 39.0 Å². The van der Waals surface area contributed by atoms with Gasteiger partial charge in [0.25, 0.3) is 15.7 Å². The Bertz CT molecular complexity index is 897. The van der Waals surface area contributed by atoms with Gasteiger partial charge in [-0.3, -0.25) is 10.1 Å². The first-order valence-corrected chi connectivity index (χ1v) is 8.39. The van der Waals surface area contributed by atoms with Crippen LogP contribution < -0.4 is 10.0 Å². The smallest absolute Gasteiger partial charge is 0.305 e. The molecule has 126 valence electrons. The molecule has 8 nitrogen and oxygen atoms in total. The Labute approximate surface area is 142 Å². The minimum absolute atomic E-state index is 0.0310. The molecule has 0 saturated heterocycles. The highest BCUT2D eigenvalue weighted by molar-refractivity contribution is 7.90. The van der Waals surface area contributed by atoms with E-state index >= 15 is 0 Å². The van der Waals surface area contributed by atoms with Gasteiger partial charge >= 0.3 is 6.03 Å². The number of halogens is 1. The van der Waals surface area contributed by atoms with E-state index < -0.39 is 21.0 Å². The molecule has 0 aliphatic carbocycles. The summed E-state index contributed by atoms with van der Waals surface area (Å²) in [6.45, 7) is 1.79. The molecule has 0 unspecified atom stereocenters. The highest BCUT2D eigenvalue weighted by Crippen LogP contribution is 2.26. The van der Waals surface area contributed by atoms with Crippen LogP contribution >= 0.6 is 11.6 Å². The second-order valence-corrected chi connectivity index (χ2v) is 6.88. The molecule has 24 heavy (non-hydrogen) atoms. The number of aryl methyl sites for hydroxylation is 1. The minimum Gasteiger partial charge on any atom is -0.305 e. The van der Waals surface area contributed by atoms with Crippen LogP contribution in [-0.4, -0.2) is 19.4 Å². The van der Waals surface area contributed by atoms with Crippen molar-refractivity contribution in [2.24, 2.45) is 0 Å². The van der Waals surface area contributed by atoms with E-state index in [4.69, 9.17) is 11.6 Å². The number of nitrogens with one attached hydrogen (secondary N) is 2. The van der Waals surface area contributed by atoms with Crippen molar-refractivity contribution < 1.29 is 18.1 Å². The predicted molar refractivity (Wildman–Crippen MR) is 88.6 cm³/mol. The Morgan fingerprint density at radius 1 is 1.17 bits per heavy atom. The summed E-state index contributed by atoms with van der Waals surface area (Å²) in [4.78, 5) is 21.8. The summed E-state index contributed by atoms with van der Waals surface area (Å²) in [5, 5.41) is 12.9. The number of urea groups is 1. The molecule has 0 bridgehead atoms. The number of hydrogen-bond acceptors (Lipinski definition) is 5. The number of rotatable bonds is 4. The number of benzene rings is 2. The van der Waals surface area contributed by atoms with Crippen molar-refractivity contribution in [3.05, 3.63) is 63.2 Å². The number of hydrogen-bond donors (Lipinski definition) is 2. The summed E-state index contributed by atoms with van der Waals surface area (Å²) in [5.41, 5.74) is 0.486. The monoisotopic (exact) mass is 369 g/mol. The maximum absolute atomic E-state index is 12.1. The number of sulfonamides is 1. The molecule has 2 rings (SSSR count). The summed E-state index contributed by atoms with van der Waals surface area (Å²) < 4.78 is 26.0. The molecule has 0 fully saturated rings. The first-order valence-electron chi connectivity index (χ1n) is 6.53. The Morgan fingerprint density at radius 3 is 2.38 bits per heavy atom. The van der Waals surface area contributed by atoms with Crippen LogP contribution in [-0.2, 0) is 10.0 Å². The number of nitrogens with zero attached hydrogens (tertiary/aromatic N) is 1. The third-order valence-corrected chi connectivity index (χ3v) is 4.64. The molecule has 0 radical (unpaired) electrons. The van der Waals surface area contributed by atoms with Gasteiger partial charge in [0.15, 0.2) is 0 Å². The van der Waals surface area contributed by atoms with Gasteiger partial charge < -0.3 is 5.32 Å². The van der Waals surface area contributed by atoms with Crippen LogP contribution in [0.1, 0.15) is 5.56 Å². The van der Waals surface area contributed by atoms with Crippen molar-refractivity contribution in [3.63, 3.8) is 0 Å². The number of carbonyl (C=O) groups excluding carboxylic acids is 1. The van der Waals surface area contributed by atoms with Gasteiger partial charge in [-0.25, -0.2) is 17.9 Å². The summed E-state index contributed by atoms with van der Waals surface area (Å²) >= 11 is 5.84. The zero-order chi connectivity index (χ0) is 17.9. The fourth-order valence-corrected chi connectivity index (χ4v) is 2.84. The molecule has 0 spiro atoms. The van der Waals surface area contributed by atoms with Gasteiger partial charge in [-0.2, -0.15) is 0 Å². The molecule has 0 atom stereocenters. The van der Waals surface area contributed by atoms with E-state index in [0.29, 0.717) is 0 Å². The van der Waals surface area contributed by atoms with Crippen molar-refractivity contribution in [3.8, 4) is 0 Å². The molecule has 2 aromatic carbocycles. The lowest BCUT2D eigenvalue weighted by Gasteiger charge is -2.10. The van der Waals surface area contributed by atoms with Crippen molar-refractivity contribution in [1.82, 2.24) is 4.72 Å². The molecule has 0 aromatic heterocycles. The van der Waals surface area contributed by atoms with E-state index in [1.165, 1.54) is 18.2 Å². The lowest BCUT2D eigenvalue weighted by atomic mass is 10.2. The average molecular weight is 370 g/mol. The molecule has 2 N–H and O–H groups in total. The maximum atomic E-state index is 12.1. The Balaban J connectivity index is 2.17. The highest BCUT2D eigenvalue weighted by Gasteiger charge is 2.19. The number of non-ortho nitro benzene ring substituents is 1. The molecule has 0 heterocycles. The van der Waals surface area contributed by atoms with Gasteiger partial charge in [0, 0.05) is 12.1 Å². The third-order valence-electron chi connectivity index (χ3n) is 2.97. The van der Waals surface area contributed by atoms with Gasteiger partial charge in [-0.15, -0.1) is 0 Å². The van der Waals surface area contributed by atoms with Crippen LogP contribution in [0.25, 0.3) is 0 Å². The van der Waals surface area contributed by atoms with E-state index in [1.807, 2.05) is 4.72 Å². The summed E-state index contributed by atoms with van der Waals surface area (Å²) in [5.74, 6) is 0. The van der Waals surface area contributed by atoms with Crippen LogP contribution in [0.5, 0.6) is 0 Å². The molecule has 2 amide bonds. The summed E-state index contributed by atoms with van der Waals surface area (Å²) in [6.07, 6.45) is 0. The van der Waals surface area contributed by atoms with Gasteiger partial charge in [0.2, 0.25) is 0 Å². The Kier molecular flexibility index (Phi) is 5.05. The molecular weight excluding hydrogens is 358 g/mol. The Hall–Kier alpha value is -2.65. The minimum atomic E-state index is -4.07. The van der Waals surface area contributed by atoms with E-state index in [0.717, 1.165) is 17.7 Å². The number of nitro benzene ring substituents is 1. The molecule has 2 aromatic rings. The van der Waals surface area contributed by atoms with Gasteiger partial charge in [0.05, 0.1) is 20.5 Å². The normalized spacial score (nSPS) is 10.9. The van der Waals surface area contributed by atoms with Crippen molar-refractivity contribution in [2.45, 2.75) is 11.8 Å². The highest BCUT2D eigenvalue weighted by atomic mass is 35.5. The average Bonchev–Trinajstić information content (AvgIpc) is 2.49. The van der Waals surface area contributed by atoms with Gasteiger partial charge in [-0.1, -0.05) is 29.3 Å². The molecule has 0 aliphatic heterocycles. The van der Waals surface area contributed by atoms with Crippen LogP contribution in [0, 0.1) is 17.0 Å². The van der Waals surface area contributed by atoms with Gasteiger partial charge in [-0.05, 0) is 25.1 Å². The summed E-state index contributed by atoms with van der Waals surface area (Å²) in [7, 11) is -4.07. The van der Waals surface area contributed by atoms with Crippen LogP contribution in [0.4, 0.5) is 16.2 Å². The number of nitro groups is 1. The van der Waals surface area contributed by atoms with Crippen LogP contribution in [0.2, 0.25) is 5.02 Å². The quantitative estimate of drug-likeness (QED) is 0.634. The van der Waals surface area contributed by atoms with E-state index in [-0.39, 0.29) is 21.3 Å². The first-order chi connectivity index (χ1) is 11.2. The molecule has 0 aliphatic rings. The fourth-order valence-electron chi connectivity index (χ4n) is 1.77. The predicted octanol–water partition coefficient (Wildman–Crippen LogP) is 3.07. The van der Waals surface area contributed by atoms with Crippen molar-refractivity contribution in [2.75, 3.05) is 5.32 Å². The zero-order valence-corrected chi connectivity index (χ0v) is 13.9. The zero-order valence-electron chi connectivity index (χ0n) is 12.3. The topological polar surface area (TPSA) is 118 Å². The lowest BCUT2D eigenvalue weighted by molar-refractivity contribution is -0.384. The Morgan fingerprint density at radius 2 is 1.79 bits per heavy atom. The lowest BCUT2D eigenvalue weighted by Crippen LogP contribution is -2.34. The number of amides is 2. The SMILES string of the molecule is Cc1ccc(S(=O)(=O)NC(=O)Nc2cc([N+](=O)[O-])ccc2Cl)cc1. The second kappa shape index (κ2) is 6.85. The molecule has 0 saturated carbocycles. The maximum Gasteiger partial charge on any atom is 0.333 e. The summed E-state index contributed by atoms with van der Waals surface area (Å²) in [6, 6.07) is 8.21. The molecule has 10 heteroatoms. The van der Waals surface area contributed by atoms with Crippen LogP contribution in [0.15, 0.2) is 47.4 Å².